The molecule has 15 heavy (non-hydrogen) atoms. The van der Waals surface area contributed by atoms with Crippen molar-refractivity contribution in [1.29, 1.82) is 0 Å². The average Bonchev–Trinajstić information content (AvgIpc) is 2.50. The summed E-state index contributed by atoms with van der Waals surface area (Å²) >= 11 is 0. The number of hydrogen-bond acceptors (Lipinski definition) is 0. The summed E-state index contributed by atoms with van der Waals surface area (Å²) in [4.78, 5) is 0. The van der Waals surface area contributed by atoms with E-state index in [1.165, 1.54) is 49.9 Å². The minimum absolute atomic E-state index is 0.983. The fraction of sp³-hybridized carbons (Fsp3) is 0.714. The summed E-state index contributed by atoms with van der Waals surface area (Å²) in [7, 11) is -1.06. The lowest BCUT2D eigenvalue weighted by Gasteiger charge is -2.29. The smallest absolute Gasteiger partial charge is 0.0554 e. The molecule has 0 aromatic heterocycles. The summed E-state index contributed by atoms with van der Waals surface area (Å²) in [5.74, 6) is 5.64. The molecule has 0 aromatic carbocycles. The van der Waals surface area contributed by atoms with Gasteiger partial charge in [-0.15, -0.1) is 24.7 Å². The van der Waals surface area contributed by atoms with Crippen LogP contribution in [0, 0.1) is 24.7 Å². The molecule has 1 fully saturated rings. The molecule has 0 amide bonds. The second kappa shape index (κ2) is 6.75. The fourth-order valence-corrected chi connectivity index (χ4v) is 7.63. The highest BCUT2D eigenvalue weighted by Crippen LogP contribution is 2.35. The van der Waals surface area contributed by atoms with E-state index in [0.29, 0.717) is 0 Å². The maximum absolute atomic E-state index is 5.40. The minimum Gasteiger partial charge on any atom is -0.120 e. The monoisotopic (exact) mass is 218 g/mol. The Balaban J connectivity index is 2.56. The fourth-order valence-electron chi connectivity index (χ4n) is 2.78. The molecular weight excluding hydrogens is 196 g/mol. The number of hydrogen-bond donors (Lipinski definition) is 0. The Morgan fingerprint density at radius 1 is 0.800 bits per heavy atom. The molecule has 1 aliphatic rings. The van der Waals surface area contributed by atoms with Crippen LogP contribution in [0.3, 0.4) is 0 Å². The van der Waals surface area contributed by atoms with E-state index in [0.717, 1.165) is 12.8 Å². The van der Waals surface area contributed by atoms with Gasteiger partial charge in [-0.05, 0) is 12.1 Å². The van der Waals surface area contributed by atoms with E-state index in [1.807, 2.05) is 0 Å². The molecule has 1 aliphatic heterocycles. The summed E-state index contributed by atoms with van der Waals surface area (Å²) in [5.41, 5.74) is 0. The van der Waals surface area contributed by atoms with E-state index in [1.54, 1.807) is 0 Å². The van der Waals surface area contributed by atoms with Crippen LogP contribution < -0.4 is 0 Å². The van der Waals surface area contributed by atoms with Crippen molar-refractivity contribution < 1.29 is 0 Å². The Morgan fingerprint density at radius 2 is 1.27 bits per heavy atom. The van der Waals surface area contributed by atoms with Gasteiger partial charge in [-0.3, -0.25) is 0 Å². The van der Waals surface area contributed by atoms with Crippen LogP contribution in [0.5, 0.6) is 0 Å². The van der Waals surface area contributed by atoms with Crippen LogP contribution in [0.1, 0.15) is 38.5 Å². The number of rotatable bonds is 4. The third kappa shape index (κ3) is 4.14. The van der Waals surface area contributed by atoms with Crippen molar-refractivity contribution >= 4 is 8.07 Å². The lowest BCUT2D eigenvalue weighted by molar-refractivity contribution is 0.720. The average molecular weight is 218 g/mol. The first-order valence-electron chi connectivity index (χ1n) is 6.20. The Morgan fingerprint density at radius 3 is 1.67 bits per heavy atom. The molecule has 1 heterocycles. The SMILES string of the molecule is C#CCC[Si]1(CCC#C)CCCCCC1. The highest BCUT2D eigenvalue weighted by atomic mass is 28.3. The van der Waals surface area contributed by atoms with Gasteiger partial charge in [0.05, 0.1) is 8.07 Å². The Bertz CT molecular complexity index is 225. The molecule has 1 rings (SSSR count). The van der Waals surface area contributed by atoms with Gasteiger partial charge in [0, 0.05) is 12.8 Å². The first-order chi connectivity index (χ1) is 7.33. The van der Waals surface area contributed by atoms with Crippen molar-refractivity contribution in [3.05, 3.63) is 0 Å². The standard InChI is InChI=1S/C14H22Si/c1-3-5-11-15(12-6-4-2)13-9-7-8-10-14-15/h1-2H,5-14H2. The highest BCUT2D eigenvalue weighted by molar-refractivity contribution is 6.80. The largest absolute Gasteiger partial charge is 0.120 e. The third-order valence-corrected chi connectivity index (χ3v) is 9.21. The molecule has 0 atom stereocenters. The van der Waals surface area contributed by atoms with Crippen molar-refractivity contribution in [1.82, 2.24) is 0 Å². The zero-order valence-corrected chi connectivity index (χ0v) is 10.7. The van der Waals surface area contributed by atoms with Crippen molar-refractivity contribution in [2.75, 3.05) is 0 Å². The number of terminal acetylenes is 2. The van der Waals surface area contributed by atoms with Gasteiger partial charge in [0.2, 0.25) is 0 Å². The lowest BCUT2D eigenvalue weighted by Crippen LogP contribution is -2.32. The van der Waals surface area contributed by atoms with Crippen molar-refractivity contribution in [2.24, 2.45) is 0 Å². The van der Waals surface area contributed by atoms with Gasteiger partial charge < -0.3 is 0 Å². The lowest BCUT2D eigenvalue weighted by atomic mass is 10.2. The predicted octanol–water partition coefficient (Wildman–Crippen LogP) is 4.06. The van der Waals surface area contributed by atoms with Crippen LogP contribution in [-0.4, -0.2) is 8.07 Å². The van der Waals surface area contributed by atoms with E-state index < -0.39 is 8.07 Å². The molecule has 0 bridgehead atoms. The van der Waals surface area contributed by atoms with Crippen LogP contribution in [0.2, 0.25) is 24.2 Å². The second-order valence-electron chi connectivity index (χ2n) is 4.82. The Labute approximate surface area is 95.9 Å². The summed E-state index contributed by atoms with van der Waals surface area (Å²) in [6, 6.07) is 5.61. The van der Waals surface area contributed by atoms with Crippen molar-refractivity contribution in [3.63, 3.8) is 0 Å². The molecular formula is C14H22Si. The molecule has 0 radical (unpaired) electrons. The van der Waals surface area contributed by atoms with E-state index in [-0.39, 0.29) is 0 Å². The van der Waals surface area contributed by atoms with Gasteiger partial charge in [-0.2, -0.15) is 0 Å². The Hall–Kier alpha value is -0.663. The topological polar surface area (TPSA) is 0 Å². The van der Waals surface area contributed by atoms with Gasteiger partial charge in [0.1, 0.15) is 0 Å². The van der Waals surface area contributed by atoms with Gasteiger partial charge in [-0.1, -0.05) is 37.8 Å². The van der Waals surface area contributed by atoms with E-state index in [2.05, 4.69) is 11.8 Å². The highest BCUT2D eigenvalue weighted by Gasteiger charge is 2.31. The maximum atomic E-state index is 5.40. The molecule has 0 N–H and O–H groups in total. The third-order valence-electron chi connectivity index (χ3n) is 3.76. The molecule has 0 unspecified atom stereocenters. The van der Waals surface area contributed by atoms with Crippen LogP contribution >= 0.6 is 0 Å². The van der Waals surface area contributed by atoms with Crippen LogP contribution in [0.25, 0.3) is 0 Å². The zero-order chi connectivity index (χ0) is 11.0. The second-order valence-corrected chi connectivity index (χ2v) is 9.82. The first-order valence-corrected chi connectivity index (χ1v) is 9.03. The summed E-state index contributed by atoms with van der Waals surface area (Å²) < 4.78 is 0. The molecule has 1 heteroatoms. The maximum Gasteiger partial charge on any atom is 0.0554 e. The molecule has 0 nitrogen and oxygen atoms in total. The summed E-state index contributed by atoms with van der Waals surface area (Å²) in [5, 5.41) is 0. The van der Waals surface area contributed by atoms with Crippen molar-refractivity contribution in [3.8, 4) is 24.7 Å². The molecule has 0 spiro atoms. The van der Waals surface area contributed by atoms with Gasteiger partial charge in [0.25, 0.3) is 0 Å². The molecule has 0 aromatic rings. The first kappa shape index (κ1) is 12.4. The minimum atomic E-state index is -1.06. The van der Waals surface area contributed by atoms with E-state index >= 15 is 0 Å². The Kier molecular flexibility index (Phi) is 5.59. The van der Waals surface area contributed by atoms with Gasteiger partial charge in [-0.25, -0.2) is 0 Å². The van der Waals surface area contributed by atoms with Crippen LogP contribution in [0.4, 0.5) is 0 Å². The molecule has 1 saturated heterocycles. The quantitative estimate of drug-likeness (QED) is 0.493. The van der Waals surface area contributed by atoms with Gasteiger partial charge in [0.15, 0.2) is 0 Å². The van der Waals surface area contributed by atoms with Crippen molar-refractivity contribution in [2.45, 2.75) is 62.7 Å². The van der Waals surface area contributed by atoms with E-state index in [9.17, 15) is 0 Å². The molecule has 82 valence electrons. The molecule has 0 saturated carbocycles. The zero-order valence-electron chi connectivity index (χ0n) is 9.73. The summed E-state index contributed by atoms with van der Waals surface area (Å²) in [6.07, 6.45) is 18.5. The van der Waals surface area contributed by atoms with E-state index in [4.69, 9.17) is 12.8 Å². The van der Waals surface area contributed by atoms with Crippen LogP contribution in [0.15, 0.2) is 0 Å². The normalized spacial score (nSPS) is 19.9. The molecule has 0 aliphatic carbocycles. The van der Waals surface area contributed by atoms with Gasteiger partial charge >= 0.3 is 0 Å². The predicted molar refractivity (Wildman–Crippen MR) is 70.4 cm³/mol. The van der Waals surface area contributed by atoms with Crippen LogP contribution in [-0.2, 0) is 0 Å². The summed E-state index contributed by atoms with van der Waals surface area (Å²) in [6.45, 7) is 0.